The van der Waals surface area contributed by atoms with Crippen molar-refractivity contribution in [1.82, 2.24) is 15.2 Å². The average Bonchev–Trinajstić information content (AvgIpc) is 3.15. The zero-order chi connectivity index (χ0) is 19.8. The van der Waals surface area contributed by atoms with Gasteiger partial charge in [-0.05, 0) is 24.1 Å². The maximum Gasteiger partial charge on any atom is 0.193 e. The summed E-state index contributed by atoms with van der Waals surface area (Å²) in [6.45, 7) is 5.84. The summed E-state index contributed by atoms with van der Waals surface area (Å²) in [5.74, 6) is 2.82. The molecule has 28 heavy (non-hydrogen) atoms. The van der Waals surface area contributed by atoms with Crippen LogP contribution in [0, 0.1) is 0 Å². The van der Waals surface area contributed by atoms with Crippen LogP contribution < -0.4 is 14.8 Å². The highest BCUT2D eigenvalue weighted by Gasteiger charge is 2.10. The van der Waals surface area contributed by atoms with Crippen LogP contribution in [0.15, 0.2) is 28.6 Å². The Morgan fingerprint density at radius 1 is 1.25 bits per heavy atom. The largest absolute Gasteiger partial charge is 0.493 e. The molecule has 2 rings (SSSR count). The van der Waals surface area contributed by atoms with Gasteiger partial charge in [-0.3, -0.25) is 4.99 Å². The third-order valence-corrected chi connectivity index (χ3v) is 5.44. The van der Waals surface area contributed by atoms with E-state index in [4.69, 9.17) is 9.47 Å². The predicted molar refractivity (Wildman–Crippen MR) is 128 cm³/mol. The van der Waals surface area contributed by atoms with Crippen LogP contribution in [0.3, 0.4) is 0 Å². The van der Waals surface area contributed by atoms with Crippen LogP contribution in [0.5, 0.6) is 11.5 Å². The number of methoxy groups -OCH3 is 2. The van der Waals surface area contributed by atoms with Crippen molar-refractivity contribution in [2.45, 2.75) is 32.7 Å². The van der Waals surface area contributed by atoms with Crippen LogP contribution in [-0.2, 0) is 13.0 Å². The molecule has 0 radical (unpaired) electrons. The van der Waals surface area contributed by atoms with Crippen LogP contribution in [0.25, 0.3) is 0 Å². The fourth-order valence-corrected chi connectivity index (χ4v) is 3.50. The zero-order valence-electron chi connectivity index (χ0n) is 17.5. The second-order valence-corrected chi connectivity index (χ2v) is 7.48. The summed E-state index contributed by atoms with van der Waals surface area (Å²) in [4.78, 5) is 11.2. The highest BCUT2D eigenvalue weighted by atomic mass is 127. The summed E-state index contributed by atoms with van der Waals surface area (Å²) >= 11 is 1.71. The molecule has 0 aliphatic carbocycles. The molecule has 0 saturated heterocycles. The quantitative estimate of drug-likeness (QED) is 0.323. The molecule has 1 aromatic heterocycles. The number of benzene rings is 1. The van der Waals surface area contributed by atoms with Crippen LogP contribution >= 0.6 is 35.3 Å². The van der Waals surface area contributed by atoms with Gasteiger partial charge in [-0.2, -0.15) is 0 Å². The number of nitrogens with one attached hydrogen (secondary N) is 1. The lowest BCUT2D eigenvalue weighted by Crippen LogP contribution is -2.39. The lowest BCUT2D eigenvalue weighted by Gasteiger charge is -2.22. The van der Waals surface area contributed by atoms with Gasteiger partial charge in [0, 0.05) is 31.9 Å². The molecule has 1 N–H and O–H groups in total. The van der Waals surface area contributed by atoms with Crippen molar-refractivity contribution in [1.29, 1.82) is 0 Å². The van der Waals surface area contributed by atoms with Gasteiger partial charge in [-0.15, -0.1) is 35.3 Å². The minimum absolute atomic E-state index is 0. The first kappa shape index (κ1) is 24.5. The number of guanidine groups is 1. The Bertz CT molecular complexity index is 764. The summed E-state index contributed by atoms with van der Waals surface area (Å²) in [6.07, 6.45) is 0.881. The molecular formula is C20H31IN4O2S. The summed E-state index contributed by atoms with van der Waals surface area (Å²) < 4.78 is 10.7. The summed E-state index contributed by atoms with van der Waals surface area (Å²) in [6, 6.07) is 6.02. The molecule has 0 unspecified atom stereocenters. The van der Waals surface area contributed by atoms with E-state index in [1.165, 1.54) is 10.6 Å². The van der Waals surface area contributed by atoms with Gasteiger partial charge in [-0.1, -0.05) is 19.9 Å². The van der Waals surface area contributed by atoms with Gasteiger partial charge in [0.05, 0.1) is 31.5 Å². The minimum Gasteiger partial charge on any atom is -0.493 e. The van der Waals surface area contributed by atoms with E-state index in [-0.39, 0.29) is 24.0 Å². The first-order valence-electron chi connectivity index (χ1n) is 9.05. The first-order chi connectivity index (χ1) is 13.0. The molecule has 0 saturated carbocycles. The Labute approximate surface area is 189 Å². The lowest BCUT2D eigenvalue weighted by molar-refractivity contribution is 0.354. The number of aliphatic imine (C=N–C) groups is 1. The van der Waals surface area contributed by atoms with E-state index < -0.39 is 0 Å². The number of hydrogen-bond acceptors (Lipinski definition) is 5. The molecule has 0 bridgehead atoms. The fourth-order valence-electron chi connectivity index (χ4n) is 2.66. The van der Waals surface area contributed by atoms with Crippen molar-refractivity contribution >= 4 is 41.3 Å². The van der Waals surface area contributed by atoms with E-state index in [0.29, 0.717) is 12.5 Å². The Balaban J connectivity index is 0.00000392. The Morgan fingerprint density at radius 2 is 1.96 bits per heavy atom. The van der Waals surface area contributed by atoms with Crippen LogP contribution in [0.2, 0.25) is 0 Å². The second-order valence-electron chi connectivity index (χ2n) is 6.59. The van der Waals surface area contributed by atoms with Crippen molar-refractivity contribution in [3.8, 4) is 11.5 Å². The molecule has 0 amide bonds. The third-order valence-electron chi connectivity index (χ3n) is 4.25. The molecule has 1 heterocycles. The Kier molecular flexibility index (Phi) is 10.6. The molecular weight excluding hydrogens is 487 g/mol. The van der Waals surface area contributed by atoms with Gasteiger partial charge in [0.2, 0.25) is 0 Å². The topological polar surface area (TPSA) is 59.0 Å². The number of nitrogens with zero attached hydrogens (tertiary/aromatic N) is 3. The van der Waals surface area contributed by atoms with Gasteiger partial charge in [-0.25, -0.2) is 4.98 Å². The number of aromatic nitrogens is 1. The van der Waals surface area contributed by atoms with Gasteiger partial charge in [0.25, 0.3) is 0 Å². The van der Waals surface area contributed by atoms with E-state index in [9.17, 15) is 0 Å². The van der Waals surface area contributed by atoms with Crippen LogP contribution in [0.1, 0.15) is 36.0 Å². The molecule has 0 fully saturated rings. The maximum atomic E-state index is 5.38. The van der Waals surface area contributed by atoms with Crippen LogP contribution in [0.4, 0.5) is 0 Å². The molecule has 0 aliphatic rings. The van der Waals surface area contributed by atoms with E-state index in [2.05, 4.69) is 45.5 Å². The highest BCUT2D eigenvalue weighted by molar-refractivity contribution is 14.0. The SMILES string of the molecule is CN=C(NCc1csc(C(C)C)n1)N(C)CCc1ccc(OC)c(OC)c1.I. The van der Waals surface area contributed by atoms with Gasteiger partial charge in [0.1, 0.15) is 0 Å². The zero-order valence-corrected chi connectivity index (χ0v) is 20.6. The first-order valence-corrected chi connectivity index (χ1v) is 9.93. The molecule has 0 spiro atoms. The van der Waals surface area contributed by atoms with Crippen LogP contribution in [-0.4, -0.2) is 50.7 Å². The van der Waals surface area contributed by atoms with E-state index in [1.54, 1.807) is 32.6 Å². The van der Waals surface area contributed by atoms with Crippen molar-refractivity contribution in [3.05, 3.63) is 39.8 Å². The van der Waals surface area contributed by atoms with Crippen molar-refractivity contribution < 1.29 is 9.47 Å². The molecule has 0 aliphatic heterocycles. The molecule has 1 aromatic carbocycles. The van der Waals surface area contributed by atoms with E-state index in [0.717, 1.165) is 36.1 Å². The molecule has 2 aromatic rings. The monoisotopic (exact) mass is 518 g/mol. The molecule has 0 atom stereocenters. The Morgan fingerprint density at radius 3 is 2.54 bits per heavy atom. The number of halogens is 1. The van der Waals surface area contributed by atoms with E-state index in [1.807, 2.05) is 19.2 Å². The fraction of sp³-hybridized carbons (Fsp3) is 0.500. The summed E-state index contributed by atoms with van der Waals surface area (Å²) in [7, 11) is 7.14. The van der Waals surface area contributed by atoms with E-state index >= 15 is 0 Å². The molecule has 156 valence electrons. The van der Waals surface area contributed by atoms with Crippen molar-refractivity contribution in [2.24, 2.45) is 4.99 Å². The van der Waals surface area contributed by atoms with Gasteiger partial charge >= 0.3 is 0 Å². The number of ether oxygens (including phenoxy) is 2. The second kappa shape index (κ2) is 12.1. The maximum absolute atomic E-state index is 5.38. The molecule has 6 nitrogen and oxygen atoms in total. The number of hydrogen-bond donors (Lipinski definition) is 1. The van der Waals surface area contributed by atoms with Crippen molar-refractivity contribution in [3.63, 3.8) is 0 Å². The lowest BCUT2D eigenvalue weighted by atomic mass is 10.1. The average molecular weight is 518 g/mol. The number of likely N-dealkylation sites (N-methyl/N-ethyl adjacent to an activating group) is 1. The smallest absolute Gasteiger partial charge is 0.193 e. The van der Waals surface area contributed by atoms with Gasteiger partial charge < -0.3 is 19.7 Å². The predicted octanol–water partition coefficient (Wildman–Crippen LogP) is 4.15. The standard InChI is InChI=1S/C20H30N4O2S.HI/c1-14(2)19-23-16(13-27-19)12-22-20(21-3)24(4)10-9-15-7-8-17(25-5)18(11-15)26-6;/h7-8,11,13-14H,9-10,12H2,1-6H3,(H,21,22);1H. The molecule has 8 heteroatoms. The summed E-state index contributed by atoms with van der Waals surface area (Å²) in [5, 5.41) is 6.67. The minimum atomic E-state index is 0. The third kappa shape index (κ3) is 6.80. The van der Waals surface area contributed by atoms with Crippen molar-refractivity contribution in [2.75, 3.05) is 34.9 Å². The summed E-state index contributed by atoms with van der Waals surface area (Å²) in [5.41, 5.74) is 2.24. The highest BCUT2D eigenvalue weighted by Crippen LogP contribution is 2.27. The Hall–Kier alpha value is -1.55. The van der Waals surface area contributed by atoms with Gasteiger partial charge in [0.15, 0.2) is 17.5 Å². The number of thiazole rings is 1. The number of rotatable bonds is 8. The normalized spacial score (nSPS) is 11.2.